The summed E-state index contributed by atoms with van der Waals surface area (Å²) in [4.78, 5) is 14.0. The molecule has 1 N–H and O–H groups in total. The lowest BCUT2D eigenvalue weighted by molar-refractivity contribution is -0.135. The van der Waals surface area contributed by atoms with Crippen LogP contribution in [0.5, 0.6) is 0 Å². The zero-order valence-corrected chi connectivity index (χ0v) is 11.6. The average molecular weight is 251 g/mol. The first-order chi connectivity index (χ1) is 8.66. The molecule has 0 spiro atoms. The highest BCUT2D eigenvalue weighted by Crippen LogP contribution is 2.36. The second-order valence-corrected chi connectivity index (χ2v) is 5.64. The van der Waals surface area contributed by atoms with Gasteiger partial charge in [0.2, 0.25) is 0 Å². The van der Waals surface area contributed by atoms with Crippen molar-refractivity contribution in [2.24, 2.45) is 0 Å². The summed E-state index contributed by atoms with van der Waals surface area (Å²) in [6.07, 6.45) is 7.87. The first kappa shape index (κ1) is 13.6. The molecular weight excluding hydrogens is 226 g/mol. The predicted octanol–water partition coefficient (Wildman–Crippen LogP) is 2.99. The van der Waals surface area contributed by atoms with E-state index in [1.807, 2.05) is 0 Å². The van der Waals surface area contributed by atoms with Gasteiger partial charge in [-0.15, -0.1) is 0 Å². The van der Waals surface area contributed by atoms with E-state index in [1.54, 1.807) is 4.90 Å². The van der Waals surface area contributed by atoms with E-state index in [9.17, 15) is 9.90 Å². The van der Waals surface area contributed by atoms with Gasteiger partial charge in [-0.3, -0.25) is 4.79 Å². The highest BCUT2D eigenvalue weighted by Gasteiger charge is 2.40. The van der Waals surface area contributed by atoms with Gasteiger partial charge in [-0.1, -0.05) is 26.2 Å². The maximum atomic E-state index is 12.3. The quantitative estimate of drug-likeness (QED) is 0.763. The maximum absolute atomic E-state index is 12.3. The van der Waals surface area contributed by atoms with Crippen molar-refractivity contribution >= 4 is 5.91 Å². The van der Waals surface area contributed by atoms with Crippen LogP contribution in [0.4, 0.5) is 0 Å². The van der Waals surface area contributed by atoms with Crippen LogP contribution in [0, 0.1) is 0 Å². The summed E-state index contributed by atoms with van der Waals surface area (Å²) in [6.45, 7) is 4.25. The number of aliphatic hydroxyl groups excluding tert-OH is 1. The monoisotopic (exact) mass is 251 g/mol. The molecule has 1 aliphatic carbocycles. The third-order valence-corrected chi connectivity index (χ3v) is 4.28. The minimum absolute atomic E-state index is 0.0983. The normalized spacial score (nSPS) is 25.6. The fourth-order valence-electron chi connectivity index (χ4n) is 3.16. The van der Waals surface area contributed by atoms with Gasteiger partial charge < -0.3 is 10.0 Å². The van der Waals surface area contributed by atoms with Crippen LogP contribution in [-0.4, -0.2) is 28.2 Å². The Balaban J connectivity index is 2.01. The van der Waals surface area contributed by atoms with Crippen molar-refractivity contribution in [1.82, 2.24) is 4.90 Å². The van der Waals surface area contributed by atoms with Crippen molar-refractivity contribution in [3.63, 3.8) is 0 Å². The fourth-order valence-corrected chi connectivity index (χ4v) is 3.16. The zero-order chi connectivity index (χ0) is 13.1. The molecule has 0 unspecified atom stereocenters. The van der Waals surface area contributed by atoms with Crippen LogP contribution in [0.15, 0.2) is 11.1 Å². The molecule has 2 atom stereocenters. The predicted molar refractivity (Wildman–Crippen MR) is 72.0 cm³/mol. The average Bonchev–Trinajstić information content (AvgIpc) is 2.63. The molecule has 102 valence electrons. The number of nitrogens with zero attached hydrogens (tertiary/aromatic N) is 1. The van der Waals surface area contributed by atoms with Crippen LogP contribution >= 0.6 is 0 Å². The van der Waals surface area contributed by atoms with Gasteiger partial charge in [0.25, 0.3) is 5.91 Å². The SMILES string of the molecule is CCCCC[C@H](C)N1C(=O)C2=C(CCCC2)[C@H]1O. The molecule has 2 rings (SSSR count). The summed E-state index contributed by atoms with van der Waals surface area (Å²) in [5.41, 5.74) is 1.92. The number of hydrogen-bond donors (Lipinski definition) is 1. The largest absolute Gasteiger partial charge is 0.369 e. The van der Waals surface area contributed by atoms with Gasteiger partial charge in [0, 0.05) is 11.6 Å². The Morgan fingerprint density at radius 2 is 2.06 bits per heavy atom. The number of rotatable bonds is 5. The Kier molecular flexibility index (Phi) is 4.44. The third-order valence-electron chi connectivity index (χ3n) is 4.28. The molecule has 1 aliphatic heterocycles. The summed E-state index contributed by atoms with van der Waals surface area (Å²) >= 11 is 0. The van der Waals surface area contributed by atoms with Crippen molar-refractivity contribution in [2.75, 3.05) is 0 Å². The number of carbonyl (C=O) groups excluding carboxylic acids is 1. The van der Waals surface area contributed by atoms with E-state index in [1.165, 1.54) is 12.8 Å². The number of aliphatic hydroxyl groups is 1. The number of hydrogen-bond acceptors (Lipinski definition) is 2. The fraction of sp³-hybridized carbons (Fsp3) is 0.800. The molecule has 0 fully saturated rings. The van der Waals surface area contributed by atoms with E-state index in [-0.39, 0.29) is 11.9 Å². The Bertz CT molecular complexity index is 348. The van der Waals surface area contributed by atoms with Crippen LogP contribution in [0.3, 0.4) is 0 Å². The molecular formula is C15H25NO2. The van der Waals surface area contributed by atoms with Crippen LogP contribution < -0.4 is 0 Å². The molecule has 1 heterocycles. The molecule has 1 amide bonds. The minimum atomic E-state index is -0.635. The van der Waals surface area contributed by atoms with Crippen molar-refractivity contribution in [2.45, 2.75) is 77.5 Å². The first-order valence-corrected chi connectivity index (χ1v) is 7.39. The smallest absolute Gasteiger partial charge is 0.252 e. The van der Waals surface area contributed by atoms with Gasteiger partial charge in [-0.2, -0.15) is 0 Å². The number of amides is 1. The lowest BCUT2D eigenvalue weighted by atomic mass is 9.93. The summed E-state index contributed by atoms with van der Waals surface area (Å²) in [5.74, 6) is 0.0983. The van der Waals surface area contributed by atoms with E-state index in [4.69, 9.17) is 0 Å². The van der Waals surface area contributed by atoms with Gasteiger partial charge in [-0.25, -0.2) is 0 Å². The van der Waals surface area contributed by atoms with Crippen LogP contribution in [0.2, 0.25) is 0 Å². The Morgan fingerprint density at radius 1 is 1.33 bits per heavy atom. The number of carbonyl (C=O) groups is 1. The van der Waals surface area contributed by atoms with Crippen LogP contribution in [-0.2, 0) is 4.79 Å². The van der Waals surface area contributed by atoms with Crippen LogP contribution in [0.1, 0.15) is 65.2 Å². The van der Waals surface area contributed by atoms with Gasteiger partial charge in [0.1, 0.15) is 0 Å². The van der Waals surface area contributed by atoms with Gasteiger partial charge >= 0.3 is 0 Å². The molecule has 0 aromatic rings. The molecule has 2 aliphatic rings. The Hall–Kier alpha value is -0.830. The molecule has 18 heavy (non-hydrogen) atoms. The lowest BCUT2D eigenvalue weighted by Gasteiger charge is -2.29. The van der Waals surface area contributed by atoms with Crippen LogP contribution in [0.25, 0.3) is 0 Å². The molecule has 0 aromatic carbocycles. The number of unbranched alkanes of at least 4 members (excludes halogenated alkanes) is 2. The molecule has 3 nitrogen and oxygen atoms in total. The maximum Gasteiger partial charge on any atom is 0.252 e. The van der Waals surface area contributed by atoms with Gasteiger partial charge in [0.15, 0.2) is 6.23 Å². The van der Waals surface area contributed by atoms with E-state index in [0.29, 0.717) is 0 Å². The molecule has 0 radical (unpaired) electrons. The van der Waals surface area contributed by atoms with Crippen molar-refractivity contribution in [1.29, 1.82) is 0 Å². The van der Waals surface area contributed by atoms with E-state index in [0.717, 1.165) is 49.7 Å². The second kappa shape index (κ2) is 5.87. The lowest BCUT2D eigenvalue weighted by Crippen LogP contribution is -2.42. The molecule has 0 aromatic heterocycles. The summed E-state index contributed by atoms with van der Waals surface area (Å²) in [7, 11) is 0. The summed E-state index contributed by atoms with van der Waals surface area (Å²) in [6, 6.07) is 0.157. The minimum Gasteiger partial charge on any atom is -0.369 e. The molecule has 0 saturated carbocycles. The van der Waals surface area contributed by atoms with Crippen molar-refractivity contribution in [3.8, 4) is 0 Å². The van der Waals surface area contributed by atoms with Crippen molar-refractivity contribution in [3.05, 3.63) is 11.1 Å². The molecule has 3 heteroatoms. The summed E-state index contributed by atoms with van der Waals surface area (Å²) < 4.78 is 0. The topological polar surface area (TPSA) is 40.5 Å². The first-order valence-electron chi connectivity index (χ1n) is 7.39. The Labute approximate surface area is 110 Å². The molecule has 0 saturated heterocycles. The third kappa shape index (κ3) is 2.46. The van der Waals surface area contributed by atoms with Gasteiger partial charge in [0.05, 0.1) is 0 Å². The van der Waals surface area contributed by atoms with E-state index < -0.39 is 6.23 Å². The highest BCUT2D eigenvalue weighted by molar-refractivity contribution is 5.97. The zero-order valence-electron chi connectivity index (χ0n) is 11.6. The Morgan fingerprint density at radius 3 is 2.72 bits per heavy atom. The summed E-state index contributed by atoms with van der Waals surface area (Å²) in [5, 5.41) is 10.3. The highest BCUT2D eigenvalue weighted by atomic mass is 16.3. The van der Waals surface area contributed by atoms with Gasteiger partial charge in [-0.05, 0) is 44.6 Å². The standard InChI is InChI=1S/C15H25NO2/c1-3-4-5-8-11(2)16-14(17)12-9-6-7-10-13(12)15(16)18/h11,14,17H,3-10H2,1-2H3/t11-,14+/m0/s1. The van der Waals surface area contributed by atoms with E-state index in [2.05, 4.69) is 13.8 Å². The van der Waals surface area contributed by atoms with E-state index >= 15 is 0 Å². The van der Waals surface area contributed by atoms with Crippen molar-refractivity contribution < 1.29 is 9.90 Å². The molecule has 0 bridgehead atoms. The second-order valence-electron chi connectivity index (χ2n) is 5.64.